The fraction of sp³-hybridized carbons (Fsp3) is 0.571. The Balaban J connectivity index is 1.87. The number of β-amino-alcohol motifs (C(OH)–C–C–N with tert-alkyl or cyclic N) is 1. The van der Waals surface area contributed by atoms with Crippen LogP contribution in [0.2, 0.25) is 0 Å². The summed E-state index contributed by atoms with van der Waals surface area (Å²) >= 11 is 0. The minimum atomic E-state index is 0.0414. The molecule has 0 bridgehead atoms. The fourth-order valence-corrected chi connectivity index (χ4v) is 2.36. The molecule has 0 spiro atoms. The van der Waals surface area contributed by atoms with E-state index in [1.54, 1.807) is 23.0 Å². The Bertz CT molecular complexity index is 469. The summed E-state index contributed by atoms with van der Waals surface area (Å²) < 4.78 is 1.71. The SMILES string of the molecule is Cn1cc(C=CC(=O)N2CCCN(CCO)CC2)cn1. The average Bonchev–Trinajstić information content (AvgIpc) is 2.71. The molecule has 0 aliphatic carbocycles. The van der Waals surface area contributed by atoms with Gasteiger partial charge >= 0.3 is 0 Å². The number of aliphatic hydroxyl groups excluding tert-OH is 1. The summed E-state index contributed by atoms with van der Waals surface area (Å²) in [5, 5.41) is 13.0. The Morgan fingerprint density at radius 2 is 2.25 bits per heavy atom. The molecule has 1 N–H and O–H groups in total. The van der Waals surface area contributed by atoms with Crippen LogP contribution in [0.4, 0.5) is 0 Å². The Morgan fingerprint density at radius 1 is 1.40 bits per heavy atom. The van der Waals surface area contributed by atoms with Crippen molar-refractivity contribution in [1.82, 2.24) is 19.6 Å². The van der Waals surface area contributed by atoms with Gasteiger partial charge < -0.3 is 10.0 Å². The number of nitrogens with zero attached hydrogens (tertiary/aromatic N) is 4. The van der Waals surface area contributed by atoms with Crippen LogP contribution in [0.3, 0.4) is 0 Å². The van der Waals surface area contributed by atoms with Gasteiger partial charge in [-0.3, -0.25) is 14.4 Å². The molecule has 0 unspecified atom stereocenters. The Morgan fingerprint density at radius 3 is 2.95 bits per heavy atom. The van der Waals surface area contributed by atoms with Gasteiger partial charge in [0, 0.05) is 51.1 Å². The maximum Gasteiger partial charge on any atom is 0.246 e. The minimum Gasteiger partial charge on any atom is -0.395 e. The van der Waals surface area contributed by atoms with E-state index in [1.807, 2.05) is 18.1 Å². The minimum absolute atomic E-state index is 0.0414. The molecule has 0 saturated carbocycles. The fourth-order valence-electron chi connectivity index (χ4n) is 2.36. The smallest absolute Gasteiger partial charge is 0.246 e. The third-order valence-corrected chi connectivity index (χ3v) is 3.46. The van der Waals surface area contributed by atoms with Gasteiger partial charge in [0.1, 0.15) is 0 Å². The van der Waals surface area contributed by atoms with Crippen molar-refractivity contribution in [2.75, 3.05) is 39.3 Å². The number of aromatic nitrogens is 2. The van der Waals surface area contributed by atoms with Crippen molar-refractivity contribution in [3.05, 3.63) is 24.0 Å². The van der Waals surface area contributed by atoms with Crippen molar-refractivity contribution in [3.63, 3.8) is 0 Å². The summed E-state index contributed by atoms with van der Waals surface area (Å²) in [6.07, 6.45) is 7.96. The van der Waals surface area contributed by atoms with Crippen LogP contribution in [0.5, 0.6) is 0 Å². The number of aliphatic hydroxyl groups is 1. The molecule has 20 heavy (non-hydrogen) atoms. The maximum absolute atomic E-state index is 12.1. The second-order valence-corrected chi connectivity index (χ2v) is 5.02. The molecule has 110 valence electrons. The lowest BCUT2D eigenvalue weighted by Gasteiger charge is -2.20. The quantitative estimate of drug-likeness (QED) is 0.785. The van der Waals surface area contributed by atoms with Crippen LogP contribution < -0.4 is 0 Å². The van der Waals surface area contributed by atoms with Gasteiger partial charge in [-0.15, -0.1) is 0 Å². The Kier molecular flexibility index (Phi) is 5.31. The van der Waals surface area contributed by atoms with Gasteiger partial charge in [-0.05, 0) is 19.0 Å². The van der Waals surface area contributed by atoms with Gasteiger partial charge in [-0.2, -0.15) is 5.10 Å². The summed E-state index contributed by atoms with van der Waals surface area (Å²) in [6.45, 7) is 4.13. The Hall–Kier alpha value is -1.66. The molecular weight excluding hydrogens is 256 g/mol. The summed E-state index contributed by atoms with van der Waals surface area (Å²) in [7, 11) is 1.85. The zero-order valence-electron chi connectivity index (χ0n) is 11.9. The van der Waals surface area contributed by atoms with Crippen LogP contribution in [0.1, 0.15) is 12.0 Å². The molecule has 0 radical (unpaired) electrons. The second-order valence-electron chi connectivity index (χ2n) is 5.02. The molecule has 2 rings (SSSR count). The number of hydrogen-bond donors (Lipinski definition) is 1. The lowest BCUT2D eigenvalue weighted by atomic mass is 10.3. The maximum atomic E-state index is 12.1. The predicted octanol–water partition coefficient (Wildman–Crippen LogP) is -0.0401. The first-order valence-corrected chi connectivity index (χ1v) is 6.98. The van der Waals surface area contributed by atoms with Gasteiger partial charge in [0.2, 0.25) is 5.91 Å². The third-order valence-electron chi connectivity index (χ3n) is 3.46. The van der Waals surface area contributed by atoms with Gasteiger partial charge in [0.05, 0.1) is 12.8 Å². The highest BCUT2D eigenvalue weighted by Crippen LogP contribution is 2.05. The average molecular weight is 278 g/mol. The zero-order chi connectivity index (χ0) is 14.4. The number of aryl methyl sites for hydroxylation is 1. The number of carbonyl (C=O) groups excluding carboxylic acids is 1. The molecule has 1 aliphatic heterocycles. The molecular formula is C14H22N4O2. The van der Waals surface area contributed by atoms with E-state index >= 15 is 0 Å². The summed E-state index contributed by atoms with van der Waals surface area (Å²) in [4.78, 5) is 16.2. The van der Waals surface area contributed by atoms with Gasteiger partial charge in [0.25, 0.3) is 0 Å². The van der Waals surface area contributed by atoms with E-state index < -0.39 is 0 Å². The van der Waals surface area contributed by atoms with Crippen LogP contribution in [0, 0.1) is 0 Å². The first-order chi connectivity index (χ1) is 9.69. The van der Waals surface area contributed by atoms with Crippen LogP contribution >= 0.6 is 0 Å². The number of rotatable bonds is 4. The monoisotopic (exact) mass is 278 g/mol. The van der Waals surface area contributed by atoms with Crippen LogP contribution in [0.25, 0.3) is 6.08 Å². The lowest BCUT2D eigenvalue weighted by molar-refractivity contribution is -0.125. The summed E-state index contributed by atoms with van der Waals surface area (Å²) in [5.74, 6) is 0.0414. The van der Waals surface area contributed by atoms with Gasteiger partial charge in [-0.1, -0.05) is 0 Å². The first kappa shape index (κ1) is 14.7. The zero-order valence-corrected chi connectivity index (χ0v) is 11.9. The molecule has 0 aromatic carbocycles. The third kappa shape index (κ3) is 4.18. The number of amides is 1. The van der Waals surface area contributed by atoms with Crippen LogP contribution in [-0.2, 0) is 11.8 Å². The van der Waals surface area contributed by atoms with Gasteiger partial charge in [0.15, 0.2) is 0 Å². The van der Waals surface area contributed by atoms with Crippen molar-refractivity contribution in [2.24, 2.45) is 7.05 Å². The van der Waals surface area contributed by atoms with Crippen LogP contribution in [-0.4, -0.2) is 69.9 Å². The van der Waals surface area contributed by atoms with Crippen LogP contribution in [0.15, 0.2) is 18.5 Å². The van der Waals surface area contributed by atoms with Crippen molar-refractivity contribution in [3.8, 4) is 0 Å². The van der Waals surface area contributed by atoms with Crippen molar-refractivity contribution >= 4 is 12.0 Å². The van der Waals surface area contributed by atoms with E-state index in [9.17, 15) is 4.79 Å². The molecule has 6 heteroatoms. The Labute approximate surface area is 119 Å². The molecule has 6 nitrogen and oxygen atoms in total. The number of carbonyl (C=O) groups is 1. The largest absolute Gasteiger partial charge is 0.395 e. The molecule has 1 aromatic heterocycles. The van der Waals surface area contributed by atoms with Crippen molar-refractivity contribution < 1.29 is 9.90 Å². The van der Waals surface area contributed by atoms with E-state index in [-0.39, 0.29) is 12.5 Å². The van der Waals surface area contributed by atoms with Gasteiger partial charge in [-0.25, -0.2) is 0 Å². The molecule has 1 saturated heterocycles. The normalized spacial score (nSPS) is 17.6. The molecule has 1 fully saturated rings. The second kappa shape index (κ2) is 7.21. The highest BCUT2D eigenvalue weighted by molar-refractivity contribution is 5.91. The molecule has 1 amide bonds. The summed E-state index contributed by atoms with van der Waals surface area (Å²) in [5.41, 5.74) is 0.928. The predicted molar refractivity (Wildman–Crippen MR) is 77.0 cm³/mol. The van der Waals surface area contributed by atoms with E-state index in [0.717, 1.165) is 38.2 Å². The van der Waals surface area contributed by atoms with Crippen molar-refractivity contribution in [2.45, 2.75) is 6.42 Å². The highest BCUT2D eigenvalue weighted by atomic mass is 16.3. The van der Waals surface area contributed by atoms with E-state index in [2.05, 4.69) is 10.00 Å². The van der Waals surface area contributed by atoms with E-state index in [0.29, 0.717) is 6.54 Å². The standard InChI is InChI=1S/C14H22N4O2/c1-16-12-13(11-15-16)3-4-14(20)18-6-2-5-17(7-8-18)9-10-19/h3-4,11-12,19H,2,5-10H2,1H3. The molecule has 2 heterocycles. The molecule has 1 aromatic rings. The molecule has 0 atom stereocenters. The van der Waals surface area contributed by atoms with E-state index in [4.69, 9.17) is 5.11 Å². The lowest BCUT2D eigenvalue weighted by Crippen LogP contribution is -2.35. The highest BCUT2D eigenvalue weighted by Gasteiger charge is 2.16. The molecule has 1 aliphatic rings. The topological polar surface area (TPSA) is 61.6 Å². The number of hydrogen-bond acceptors (Lipinski definition) is 4. The van der Waals surface area contributed by atoms with E-state index in [1.165, 1.54) is 0 Å². The van der Waals surface area contributed by atoms with Crippen molar-refractivity contribution in [1.29, 1.82) is 0 Å². The first-order valence-electron chi connectivity index (χ1n) is 6.98. The summed E-state index contributed by atoms with van der Waals surface area (Å²) in [6, 6.07) is 0.